The lowest BCUT2D eigenvalue weighted by molar-refractivity contribution is -0.150. The smallest absolute Gasteiger partial charge is 0.387 e. The maximum Gasteiger partial charge on any atom is 0.387 e. The quantitative estimate of drug-likeness (QED) is 0.755. The van der Waals surface area contributed by atoms with Crippen LogP contribution in [0.2, 0.25) is 0 Å². The number of nitrogens with one attached hydrogen (secondary N) is 1. The van der Waals surface area contributed by atoms with Crippen LogP contribution in [0, 0.1) is 0 Å². The van der Waals surface area contributed by atoms with Crippen molar-refractivity contribution in [2.75, 3.05) is 5.32 Å². The van der Waals surface area contributed by atoms with Gasteiger partial charge in [0.1, 0.15) is 11.9 Å². The maximum absolute atomic E-state index is 12.7. The number of alkyl halides is 2. The van der Waals surface area contributed by atoms with E-state index in [0.29, 0.717) is 24.1 Å². The van der Waals surface area contributed by atoms with Gasteiger partial charge in [0.05, 0.1) is 0 Å². The van der Waals surface area contributed by atoms with Crippen LogP contribution < -0.4 is 10.1 Å². The van der Waals surface area contributed by atoms with Crippen LogP contribution in [-0.4, -0.2) is 35.8 Å². The Kier molecular flexibility index (Phi) is 6.20. The summed E-state index contributed by atoms with van der Waals surface area (Å²) in [5, 5.41) is 11.6. The van der Waals surface area contributed by atoms with E-state index in [0.717, 1.165) is 5.56 Å². The Labute approximate surface area is 160 Å². The van der Waals surface area contributed by atoms with E-state index in [9.17, 15) is 18.4 Å². The SMILES string of the molecule is O=C(Nc1ccc(OC(F)F)c(Cc2ccccc2)c1)[C@@H]1CC[C@H](C(=O)O)O1. The number of rotatable bonds is 7. The zero-order chi connectivity index (χ0) is 20.1. The standard InChI is InChI=1S/C20H19F2NO5/c21-20(22)28-15-7-6-14(11-13(15)10-12-4-2-1-3-5-12)23-18(24)16-8-9-17(27-16)19(25)26/h1-7,11,16-17,20H,8-10H2,(H,23,24)(H,25,26)/t16-,17+/m0/s1. The molecule has 2 aromatic carbocycles. The summed E-state index contributed by atoms with van der Waals surface area (Å²) in [7, 11) is 0. The van der Waals surface area contributed by atoms with Gasteiger partial charge in [-0.3, -0.25) is 4.79 Å². The van der Waals surface area contributed by atoms with Gasteiger partial charge >= 0.3 is 12.6 Å². The van der Waals surface area contributed by atoms with Gasteiger partial charge < -0.3 is 19.9 Å². The molecule has 0 aromatic heterocycles. The molecule has 1 heterocycles. The third-order valence-electron chi connectivity index (χ3n) is 4.37. The van der Waals surface area contributed by atoms with Gasteiger partial charge in [-0.05, 0) is 36.6 Å². The number of carboxylic acids is 1. The van der Waals surface area contributed by atoms with Gasteiger partial charge in [-0.25, -0.2) is 4.79 Å². The number of benzene rings is 2. The molecule has 0 saturated carbocycles. The topological polar surface area (TPSA) is 84.9 Å². The summed E-state index contributed by atoms with van der Waals surface area (Å²) in [6, 6.07) is 13.6. The Hall–Kier alpha value is -3.00. The van der Waals surface area contributed by atoms with Gasteiger partial charge in [-0.2, -0.15) is 8.78 Å². The highest BCUT2D eigenvalue weighted by atomic mass is 19.3. The molecule has 2 N–H and O–H groups in total. The molecule has 3 rings (SSSR count). The molecule has 0 spiro atoms. The second-order valence-corrected chi connectivity index (χ2v) is 6.38. The van der Waals surface area contributed by atoms with Crippen molar-refractivity contribution in [1.29, 1.82) is 0 Å². The van der Waals surface area contributed by atoms with E-state index in [1.54, 1.807) is 6.07 Å². The Morgan fingerprint density at radius 1 is 1.14 bits per heavy atom. The van der Waals surface area contributed by atoms with Crippen LogP contribution in [0.5, 0.6) is 5.75 Å². The molecule has 1 aliphatic rings. The van der Waals surface area contributed by atoms with Crippen LogP contribution in [0.15, 0.2) is 48.5 Å². The number of ether oxygens (including phenoxy) is 2. The van der Waals surface area contributed by atoms with Crippen molar-refractivity contribution in [2.24, 2.45) is 0 Å². The van der Waals surface area contributed by atoms with E-state index in [1.807, 2.05) is 30.3 Å². The Balaban J connectivity index is 1.75. The molecule has 148 valence electrons. The average Bonchev–Trinajstić information content (AvgIpc) is 3.15. The van der Waals surface area contributed by atoms with Crippen molar-refractivity contribution in [3.63, 3.8) is 0 Å². The van der Waals surface area contributed by atoms with Gasteiger partial charge in [0.2, 0.25) is 0 Å². The summed E-state index contributed by atoms with van der Waals surface area (Å²) in [6.45, 7) is -2.96. The molecule has 0 bridgehead atoms. The van der Waals surface area contributed by atoms with E-state index in [4.69, 9.17) is 9.84 Å². The summed E-state index contributed by atoms with van der Waals surface area (Å²) in [6.07, 6.45) is -0.963. The largest absolute Gasteiger partial charge is 0.479 e. The fourth-order valence-corrected chi connectivity index (χ4v) is 3.06. The number of anilines is 1. The minimum absolute atomic E-state index is 0.0277. The lowest BCUT2D eigenvalue weighted by Gasteiger charge is -2.15. The zero-order valence-corrected chi connectivity index (χ0v) is 14.8. The minimum atomic E-state index is -2.96. The molecular formula is C20H19F2NO5. The minimum Gasteiger partial charge on any atom is -0.479 e. The van der Waals surface area contributed by atoms with E-state index in [2.05, 4.69) is 10.1 Å². The van der Waals surface area contributed by atoms with Crippen LogP contribution in [0.1, 0.15) is 24.0 Å². The first-order valence-electron chi connectivity index (χ1n) is 8.73. The number of carbonyl (C=O) groups excluding carboxylic acids is 1. The molecule has 8 heteroatoms. The molecule has 2 atom stereocenters. The normalized spacial score (nSPS) is 18.8. The van der Waals surface area contributed by atoms with Crippen molar-refractivity contribution < 1.29 is 33.0 Å². The molecule has 0 radical (unpaired) electrons. The van der Waals surface area contributed by atoms with Crippen LogP contribution in [0.4, 0.5) is 14.5 Å². The fourth-order valence-electron chi connectivity index (χ4n) is 3.06. The van der Waals surface area contributed by atoms with Gasteiger partial charge in [0.15, 0.2) is 6.10 Å². The fraction of sp³-hybridized carbons (Fsp3) is 0.300. The monoisotopic (exact) mass is 391 g/mol. The van der Waals surface area contributed by atoms with Gasteiger partial charge in [0, 0.05) is 17.7 Å². The van der Waals surface area contributed by atoms with E-state index in [-0.39, 0.29) is 12.2 Å². The van der Waals surface area contributed by atoms with Crippen LogP contribution in [-0.2, 0) is 20.7 Å². The Morgan fingerprint density at radius 2 is 1.86 bits per heavy atom. The molecule has 0 aliphatic carbocycles. The van der Waals surface area contributed by atoms with E-state index >= 15 is 0 Å². The van der Waals surface area contributed by atoms with Gasteiger partial charge in [-0.15, -0.1) is 0 Å². The lowest BCUT2D eigenvalue weighted by atomic mass is 10.0. The molecule has 6 nitrogen and oxygen atoms in total. The predicted molar refractivity (Wildman–Crippen MR) is 96.5 cm³/mol. The Bertz CT molecular complexity index is 844. The summed E-state index contributed by atoms with van der Waals surface area (Å²) in [5.74, 6) is -1.55. The van der Waals surface area contributed by atoms with Gasteiger partial charge in [-0.1, -0.05) is 30.3 Å². The number of halogens is 2. The van der Waals surface area contributed by atoms with Crippen LogP contribution >= 0.6 is 0 Å². The maximum atomic E-state index is 12.7. The molecule has 1 fully saturated rings. The second-order valence-electron chi connectivity index (χ2n) is 6.38. The molecule has 2 aromatic rings. The van der Waals surface area contributed by atoms with Crippen molar-refractivity contribution in [3.05, 3.63) is 59.7 Å². The van der Waals surface area contributed by atoms with E-state index in [1.165, 1.54) is 12.1 Å². The number of hydrogen-bond acceptors (Lipinski definition) is 4. The number of aliphatic carboxylic acids is 1. The van der Waals surface area contributed by atoms with Crippen molar-refractivity contribution in [2.45, 2.75) is 38.1 Å². The molecule has 0 unspecified atom stereocenters. The number of hydrogen-bond donors (Lipinski definition) is 2. The first-order valence-corrected chi connectivity index (χ1v) is 8.73. The summed E-state index contributed by atoms with van der Waals surface area (Å²) in [4.78, 5) is 23.3. The van der Waals surface area contributed by atoms with Gasteiger partial charge in [0.25, 0.3) is 5.91 Å². The average molecular weight is 391 g/mol. The predicted octanol–water partition coefficient (Wildman–Crippen LogP) is 3.45. The van der Waals surface area contributed by atoms with E-state index < -0.39 is 30.7 Å². The molecule has 28 heavy (non-hydrogen) atoms. The van der Waals surface area contributed by atoms with Crippen LogP contribution in [0.3, 0.4) is 0 Å². The van der Waals surface area contributed by atoms with Crippen molar-refractivity contribution in [1.82, 2.24) is 0 Å². The molecule has 1 amide bonds. The molecular weight excluding hydrogens is 372 g/mol. The number of carbonyl (C=O) groups is 2. The molecule has 1 saturated heterocycles. The highest BCUT2D eigenvalue weighted by Gasteiger charge is 2.34. The third kappa shape index (κ3) is 5.04. The van der Waals surface area contributed by atoms with Crippen LogP contribution in [0.25, 0.3) is 0 Å². The summed E-state index contributed by atoms with van der Waals surface area (Å²) < 4.78 is 35.2. The first kappa shape index (κ1) is 19.8. The molecule has 1 aliphatic heterocycles. The summed E-state index contributed by atoms with van der Waals surface area (Å²) >= 11 is 0. The number of carboxylic acid groups (broad SMARTS) is 1. The van der Waals surface area contributed by atoms with Crippen molar-refractivity contribution in [3.8, 4) is 5.75 Å². The third-order valence-corrected chi connectivity index (χ3v) is 4.37. The lowest BCUT2D eigenvalue weighted by Crippen LogP contribution is -2.30. The Morgan fingerprint density at radius 3 is 2.50 bits per heavy atom. The first-order chi connectivity index (χ1) is 13.4. The number of amides is 1. The highest BCUT2D eigenvalue weighted by molar-refractivity contribution is 5.95. The highest BCUT2D eigenvalue weighted by Crippen LogP contribution is 2.28. The second kappa shape index (κ2) is 8.79. The zero-order valence-electron chi connectivity index (χ0n) is 14.8. The summed E-state index contributed by atoms with van der Waals surface area (Å²) in [5.41, 5.74) is 1.77. The van der Waals surface area contributed by atoms with Crippen molar-refractivity contribution >= 4 is 17.6 Å².